The Bertz CT molecular complexity index is 435. The van der Waals surface area contributed by atoms with Crippen molar-refractivity contribution in [3.05, 3.63) is 35.4 Å². The highest BCUT2D eigenvalue weighted by atomic mass is 16.2. The third kappa shape index (κ3) is 4.85. The van der Waals surface area contributed by atoms with E-state index in [1.54, 1.807) is 0 Å². The second-order valence-electron chi connectivity index (χ2n) is 6.01. The fourth-order valence-corrected chi connectivity index (χ4v) is 2.90. The number of amides is 1. The normalized spacial score (nSPS) is 16.2. The zero-order valence-electron chi connectivity index (χ0n) is 13.4. The molecule has 1 amide bonds. The van der Waals surface area contributed by atoms with Crippen molar-refractivity contribution in [1.29, 1.82) is 0 Å². The Morgan fingerprint density at radius 1 is 1.24 bits per heavy atom. The lowest BCUT2D eigenvalue weighted by Crippen LogP contribution is -2.31. The first kappa shape index (κ1) is 16.0. The van der Waals surface area contributed by atoms with Crippen LogP contribution in [0.1, 0.15) is 56.7 Å². The van der Waals surface area contributed by atoms with Gasteiger partial charge in [-0.2, -0.15) is 0 Å². The van der Waals surface area contributed by atoms with Crippen molar-refractivity contribution in [3.8, 4) is 0 Å². The van der Waals surface area contributed by atoms with Gasteiger partial charge in [-0.05, 0) is 37.3 Å². The van der Waals surface area contributed by atoms with Gasteiger partial charge in [0, 0.05) is 32.1 Å². The molecule has 3 nitrogen and oxygen atoms in total. The first-order valence-electron chi connectivity index (χ1n) is 8.30. The van der Waals surface area contributed by atoms with Crippen LogP contribution in [0.15, 0.2) is 24.3 Å². The Morgan fingerprint density at radius 3 is 2.52 bits per heavy atom. The summed E-state index contributed by atoms with van der Waals surface area (Å²) in [6, 6.07) is 9.13. The van der Waals surface area contributed by atoms with E-state index < -0.39 is 0 Å². The molecule has 116 valence electrons. The van der Waals surface area contributed by atoms with Gasteiger partial charge < -0.3 is 10.2 Å². The number of rotatable bonds is 7. The maximum Gasteiger partial charge on any atom is 0.223 e. The summed E-state index contributed by atoms with van der Waals surface area (Å²) < 4.78 is 0. The van der Waals surface area contributed by atoms with Crippen molar-refractivity contribution in [3.63, 3.8) is 0 Å². The van der Waals surface area contributed by atoms with Gasteiger partial charge in [-0.1, -0.05) is 37.6 Å². The van der Waals surface area contributed by atoms with Gasteiger partial charge in [0.15, 0.2) is 0 Å². The van der Waals surface area contributed by atoms with Gasteiger partial charge in [-0.25, -0.2) is 0 Å². The summed E-state index contributed by atoms with van der Waals surface area (Å²) in [6.45, 7) is 7.03. The van der Waals surface area contributed by atoms with E-state index in [2.05, 4.69) is 43.4 Å². The van der Waals surface area contributed by atoms with Crippen LogP contribution in [0.2, 0.25) is 0 Å². The average molecular weight is 288 g/mol. The van der Waals surface area contributed by atoms with Gasteiger partial charge in [0.25, 0.3) is 0 Å². The standard InChI is InChI=1S/C18H28N2O/c1-3-6-16-7-9-17(10-8-16)15(2)19-12-11-18(21)20-13-4-5-14-20/h7-10,15,19H,3-6,11-14H2,1-2H3. The van der Waals surface area contributed by atoms with Crippen molar-refractivity contribution in [2.24, 2.45) is 0 Å². The zero-order valence-corrected chi connectivity index (χ0v) is 13.4. The number of likely N-dealkylation sites (tertiary alicyclic amines) is 1. The third-order valence-corrected chi connectivity index (χ3v) is 4.27. The van der Waals surface area contributed by atoms with Gasteiger partial charge in [0.1, 0.15) is 0 Å². The molecule has 0 bridgehead atoms. The second kappa shape index (κ2) is 8.18. The number of hydrogen-bond donors (Lipinski definition) is 1. The fourth-order valence-electron chi connectivity index (χ4n) is 2.90. The number of nitrogens with one attached hydrogen (secondary N) is 1. The first-order valence-corrected chi connectivity index (χ1v) is 8.30. The number of carbonyl (C=O) groups is 1. The van der Waals surface area contributed by atoms with Crippen molar-refractivity contribution in [2.75, 3.05) is 19.6 Å². The summed E-state index contributed by atoms with van der Waals surface area (Å²) in [7, 11) is 0. The van der Waals surface area contributed by atoms with Crippen LogP contribution in [-0.4, -0.2) is 30.4 Å². The quantitative estimate of drug-likeness (QED) is 0.835. The third-order valence-electron chi connectivity index (χ3n) is 4.27. The van der Waals surface area contributed by atoms with Gasteiger partial charge >= 0.3 is 0 Å². The predicted octanol–water partition coefficient (Wildman–Crippen LogP) is 3.30. The lowest BCUT2D eigenvalue weighted by Gasteiger charge is -2.18. The number of carbonyl (C=O) groups excluding carboxylic acids is 1. The van der Waals surface area contributed by atoms with E-state index >= 15 is 0 Å². The minimum atomic E-state index is 0.297. The number of nitrogens with zero attached hydrogens (tertiary/aromatic N) is 1. The van der Waals surface area contributed by atoms with Crippen LogP contribution >= 0.6 is 0 Å². The van der Waals surface area contributed by atoms with Crippen LogP contribution in [0, 0.1) is 0 Å². The summed E-state index contributed by atoms with van der Waals surface area (Å²) in [4.78, 5) is 14.0. The Hall–Kier alpha value is -1.35. The van der Waals surface area contributed by atoms with E-state index in [1.807, 2.05) is 4.90 Å². The summed E-state index contributed by atoms with van der Waals surface area (Å²) in [5.74, 6) is 0.297. The molecule has 1 saturated heterocycles. The molecule has 0 aliphatic carbocycles. The summed E-state index contributed by atoms with van der Waals surface area (Å²) >= 11 is 0. The highest BCUT2D eigenvalue weighted by molar-refractivity contribution is 5.76. The van der Waals surface area contributed by atoms with Crippen LogP contribution < -0.4 is 5.32 Å². The molecule has 1 unspecified atom stereocenters. The molecule has 1 fully saturated rings. The highest BCUT2D eigenvalue weighted by Crippen LogP contribution is 2.14. The lowest BCUT2D eigenvalue weighted by atomic mass is 10.0. The largest absolute Gasteiger partial charge is 0.343 e. The van der Waals surface area contributed by atoms with E-state index in [9.17, 15) is 4.79 Å². The van der Waals surface area contributed by atoms with Crippen LogP contribution in [0.5, 0.6) is 0 Å². The summed E-state index contributed by atoms with van der Waals surface area (Å²) in [6.07, 6.45) is 5.27. The van der Waals surface area contributed by atoms with Gasteiger partial charge in [-0.3, -0.25) is 4.79 Å². The van der Waals surface area contributed by atoms with Crippen LogP contribution in [0.4, 0.5) is 0 Å². The molecule has 1 atom stereocenters. The molecule has 1 aromatic rings. The van der Waals surface area contributed by atoms with Gasteiger partial charge in [-0.15, -0.1) is 0 Å². The minimum Gasteiger partial charge on any atom is -0.343 e. The number of aryl methyl sites for hydroxylation is 1. The molecule has 1 aromatic carbocycles. The van der Waals surface area contributed by atoms with E-state index in [0.717, 1.165) is 26.1 Å². The monoisotopic (exact) mass is 288 g/mol. The first-order chi connectivity index (χ1) is 10.2. The van der Waals surface area contributed by atoms with Crippen LogP contribution in [-0.2, 0) is 11.2 Å². The van der Waals surface area contributed by atoms with Crippen molar-refractivity contribution < 1.29 is 4.79 Å². The molecular weight excluding hydrogens is 260 g/mol. The SMILES string of the molecule is CCCc1ccc(C(C)NCCC(=O)N2CCCC2)cc1. The molecule has 2 rings (SSSR count). The molecule has 3 heteroatoms. The van der Waals surface area contributed by atoms with E-state index in [1.165, 1.54) is 30.4 Å². The molecular formula is C18H28N2O. The molecule has 1 aliphatic rings. The molecule has 21 heavy (non-hydrogen) atoms. The maximum atomic E-state index is 12.0. The predicted molar refractivity (Wildman–Crippen MR) is 87.3 cm³/mol. The molecule has 0 radical (unpaired) electrons. The van der Waals surface area contributed by atoms with E-state index in [-0.39, 0.29) is 0 Å². The second-order valence-corrected chi connectivity index (χ2v) is 6.01. The number of hydrogen-bond acceptors (Lipinski definition) is 2. The zero-order chi connectivity index (χ0) is 15.1. The fraction of sp³-hybridized carbons (Fsp3) is 0.611. The Morgan fingerprint density at radius 2 is 1.90 bits per heavy atom. The molecule has 0 spiro atoms. The van der Waals surface area contributed by atoms with Crippen molar-refractivity contribution in [2.45, 2.75) is 52.0 Å². The average Bonchev–Trinajstić information content (AvgIpc) is 3.02. The molecule has 1 heterocycles. The van der Waals surface area contributed by atoms with Crippen LogP contribution in [0.25, 0.3) is 0 Å². The highest BCUT2D eigenvalue weighted by Gasteiger charge is 2.17. The topological polar surface area (TPSA) is 32.3 Å². The van der Waals surface area contributed by atoms with E-state index in [0.29, 0.717) is 18.4 Å². The minimum absolute atomic E-state index is 0.297. The van der Waals surface area contributed by atoms with Gasteiger partial charge in [0.05, 0.1) is 0 Å². The molecule has 0 saturated carbocycles. The van der Waals surface area contributed by atoms with E-state index in [4.69, 9.17) is 0 Å². The summed E-state index contributed by atoms with van der Waals surface area (Å²) in [5.41, 5.74) is 2.70. The lowest BCUT2D eigenvalue weighted by molar-refractivity contribution is -0.130. The van der Waals surface area contributed by atoms with Crippen molar-refractivity contribution >= 4 is 5.91 Å². The van der Waals surface area contributed by atoms with Crippen LogP contribution in [0.3, 0.4) is 0 Å². The Kier molecular flexibility index (Phi) is 6.24. The van der Waals surface area contributed by atoms with Gasteiger partial charge in [0.2, 0.25) is 5.91 Å². The number of benzene rings is 1. The molecule has 0 aromatic heterocycles. The molecule has 1 N–H and O–H groups in total. The molecule has 1 aliphatic heterocycles. The smallest absolute Gasteiger partial charge is 0.223 e. The Balaban J connectivity index is 1.73. The Labute approximate surface area is 128 Å². The van der Waals surface area contributed by atoms with Crippen molar-refractivity contribution in [1.82, 2.24) is 10.2 Å². The summed E-state index contributed by atoms with van der Waals surface area (Å²) in [5, 5.41) is 3.46. The maximum absolute atomic E-state index is 12.0.